The molecule has 0 aliphatic heterocycles. The molecule has 0 saturated heterocycles. The van der Waals surface area contributed by atoms with Crippen LogP contribution in [0.25, 0.3) is 0 Å². The maximum absolute atomic E-state index is 12.4. The predicted molar refractivity (Wildman–Crippen MR) is 88.8 cm³/mol. The Morgan fingerprint density at radius 3 is 1.23 bits per heavy atom. The Balaban J connectivity index is 0.000000176. The SMILES string of the molecule is FC(F)(F)C(C1CC2C=CC1C2)C(F)(F)F.FC(F)C(C1CC2C=CC1C2)C(F)(F)F. The van der Waals surface area contributed by atoms with Gasteiger partial charge in [-0.25, -0.2) is 8.78 Å². The Bertz CT molecular complexity index is 671. The van der Waals surface area contributed by atoms with Crippen LogP contribution in [-0.2, 0) is 0 Å². The normalized spacial score (nSPS) is 35.3. The lowest BCUT2D eigenvalue weighted by atomic mass is 9.81. The van der Waals surface area contributed by atoms with Crippen LogP contribution in [0.2, 0.25) is 0 Å². The fraction of sp³-hybridized carbons (Fsp3) is 0.800. The van der Waals surface area contributed by atoms with E-state index in [1.165, 1.54) is 6.08 Å². The van der Waals surface area contributed by atoms with Crippen molar-refractivity contribution in [3.05, 3.63) is 24.3 Å². The van der Waals surface area contributed by atoms with E-state index in [9.17, 15) is 48.3 Å². The Morgan fingerprint density at radius 2 is 0.968 bits per heavy atom. The summed E-state index contributed by atoms with van der Waals surface area (Å²) in [6, 6.07) is 0. The van der Waals surface area contributed by atoms with Crippen molar-refractivity contribution in [3.8, 4) is 0 Å². The zero-order valence-electron chi connectivity index (χ0n) is 16.0. The summed E-state index contributed by atoms with van der Waals surface area (Å²) in [6.07, 6.45) is -10.4. The molecule has 0 spiro atoms. The first-order valence-electron chi connectivity index (χ1n) is 9.94. The predicted octanol–water partition coefficient (Wildman–Crippen LogP) is 7.58. The van der Waals surface area contributed by atoms with E-state index in [2.05, 4.69) is 0 Å². The molecule has 7 atom stereocenters. The van der Waals surface area contributed by atoms with Gasteiger partial charge in [-0.2, -0.15) is 39.5 Å². The zero-order valence-corrected chi connectivity index (χ0v) is 16.0. The third kappa shape index (κ3) is 5.21. The minimum atomic E-state index is -5.19. The van der Waals surface area contributed by atoms with Crippen LogP contribution in [0.1, 0.15) is 25.7 Å². The topological polar surface area (TPSA) is 0 Å². The molecule has 0 aromatic heterocycles. The van der Waals surface area contributed by atoms with Crippen molar-refractivity contribution in [2.45, 2.75) is 50.6 Å². The molecule has 11 heteroatoms. The van der Waals surface area contributed by atoms with Gasteiger partial charge in [0.2, 0.25) is 6.43 Å². The van der Waals surface area contributed by atoms with Gasteiger partial charge in [-0.3, -0.25) is 0 Å². The van der Waals surface area contributed by atoms with Crippen LogP contribution >= 0.6 is 0 Å². The van der Waals surface area contributed by atoms with Gasteiger partial charge < -0.3 is 0 Å². The van der Waals surface area contributed by atoms with Crippen LogP contribution in [0.15, 0.2) is 24.3 Å². The highest BCUT2D eigenvalue weighted by Gasteiger charge is 2.63. The molecular weight excluding hydrogens is 449 g/mol. The van der Waals surface area contributed by atoms with Gasteiger partial charge in [-0.15, -0.1) is 0 Å². The van der Waals surface area contributed by atoms with Gasteiger partial charge in [0.1, 0.15) is 5.92 Å². The molecule has 31 heavy (non-hydrogen) atoms. The quantitative estimate of drug-likeness (QED) is 0.295. The van der Waals surface area contributed by atoms with E-state index >= 15 is 0 Å². The lowest BCUT2D eigenvalue weighted by Crippen LogP contribution is -2.43. The van der Waals surface area contributed by atoms with E-state index in [1.54, 1.807) is 12.2 Å². The van der Waals surface area contributed by atoms with Gasteiger partial charge in [0, 0.05) is 0 Å². The molecule has 178 valence electrons. The molecule has 7 unspecified atom stereocenters. The molecule has 0 radical (unpaired) electrons. The summed E-state index contributed by atoms with van der Waals surface area (Å²) >= 11 is 0. The van der Waals surface area contributed by atoms with Crippen LogP contribution in [0.5, 0.6) is 0 Å². The zero-order chi connectivity index (χ0) is 23.4. The minimum absolute atomic E-state index is 0.00481. The fourth-order valence-corrected chi connectivity index (χ4v) is 5.69. The molecule has 0 nitrogen and oxygen atoms in total. The lowest BCUT2D eigenvalue weighted by molar-refractivity contribution is -0.300. The molecule has 4 bridgehead atoms. The van der Waals surface area contributed by atoms with Crippen molar-refractivity contribution in [2.75, 3.05) is 0 Å². The highest BCUT2D eigenvalue weighted by molar-refractivity contribution is 5.13. The maximum Gasteiger partial charge on any atom is 0.400 e. The average Bonchev–Trinajstić information content (AvgIpc) is 3.32. The monoisotopic (exact) mass is 470 g/mol. The summed E-state index contributed by atoms with van der Waals surface area (Å²) in [7, 11) is 0. The van der Waals surface area contributed by atoms with Crippen LogP contribution in [-0.4, -0.2) is 25.0 Å². The van der Waals surface area contributed by atoms with Crippen LogP contribution in [0.4, 0.5) is 48.3 Å². The Kier molecular flexibility index (Phi) is 6.48. The first kappa shape index (κ1) is 24.4. The average molecular weight is 470 g/mol. The van der Waals surface area contributed by atoms with Gasteiger partial charge in [0.15, 0.2) is 5.92 Å². The second-order valence-electron chi connectivity index (χ2n) is 8.85. The molecule has 0 amide bonds. The van der Waals surface area contributed by atoms with Crippen LogP contribution < -0.4 is 0 Å². The number of fused-ring (bicyclic) bond motifs is 4. The third-order valence-electron chi connectivity index (χ3n) is 6.90. The van der Waals surface area contributed by atoms with Crippen LogP contribution in [0, 0.1) is 47.3 Å². The van der Waals surface area contributed by atoms with E-state index in [4.69, 9.17) is 0 Å². The Hall–Kier alpha value is -1.29. The third-order valence-corrected chi connectivity index (χ3v) is 6.90. The second kappa shape index (κ2) is 8.24. The summed E-state index contributed by atoms with van der Waals surface area (Å²) in [4.78, 5) is 0. The van der Waals surface area contributed by atoms with Crippen molar-refractivity contribution in [2.24, 2.45) is 47.3 Å². The maximum atomic E-state index is 12.4. The number of rotatable bonds is 3. The number of alkyl halides is 11. The van der Waals surface area contributed by atoms with E-state index in [0.717, 1.165) is 0 Å². The fourth-order valence-electron chi connectivity index (χ4n) is 5.69. The lowest BCUT2D eigenvalue weighted by Gasteiger charge is -2.31. The summed E-state index contributed by atoms with van der Waals surface area (Å²) in [5.74, 6) is -8.72. The summed E-state index contributed by atoms with van der Waals surface area (Å²) < 4.78 is 137. The molecule has 4 rings (SSSR count). The molecule has 0 N–H and O–H groups in total. The summed E-state index contributed by atoms with van der Waals surface area (Å²) in [5.41, 5.74) is 0. The summed E-state index contributed by atoms with van der Waals surface area (Å²) in [6.45, 7) is 0. The summed E-state index contributed by atoms with van der Waals surface area (Å²) in [5, 5.41) is 0. The molecule has 4 aliphatic rings. The van der Waals surface area contributed by atoms with E-state index in [-0.39, 0.29) is 30.6 Å². The van der Waals surface area contributed by atoms with E-state index < -0.39 is 54.5 Å². The number of hydrogen-bond acceptors (Lipinski definition) is 0. The highest BCUT2D eigenvalue weighted by atomic mass is 19.4. The first-order chi connectivity index (χ1) is 14.1. The molecular formula is C20H21F11. The largest absolute Gasteiger partial charge is 0.400 e. The van der Waals surface area contributed by atoms with Crippen molar-refractivity contribution >= 4 is 0 Å². The molecule has 2 fully saturated rings. The van der Waals surface area contributed by atoms with Gasteiger partial charge in [-0.1, -0.05) is 24.3 Å². The number of halogens is 11. The van der Waals surface area contributed by atoms with E-state index in [1.807, 2.05) is 6.08 Å². The Labute approximate surface area is 171 Å². The van der Waals surface area contributed by atoms with Gasteiger partial charge in [0.05, 0.1) is 0 Å². The van der Waals surface area contributed by atoms with Crippen molar-refractivity contribution < 1.29 is 48.3 Å². The standard InChI is InChI=1S/C10H10F6.C10H11F5/c11-9(12,13)8(10(14,15)16)7-4-5-1-2-6(7)3-5;11-9(12)8(10(13,14)15)7-4-5-1-2-6(7)3-5/h1-2,5-8H,3-4H2;1-2,5-9H,3-4H2. The van der Waals surface area contributed by atoms with Crippen LogP contribution in [0.3, 0.4) is 0 Å². The molecule has 0 aromatic carbocycles. The minimum Gasteiger partial charge on any atom is -0.210 e. The van der Waals surface area contributed by atoms with Gasteiger partial charge >= 0.3 is 18.5 Å². The molecule has 2 saturated carbocycles. The number of hydrogen-bond donors (Lipinski definition) is 0. The van der Waals surface area contributed by atoms with Crippen molar-refractivity contribution in [1.29, 1.82) is 0 Å². The molecule has 4 aliphatic carbocycles. The number of allylic oxidation sites excluding steroid dienone is 4. The van der Waals surface area contributed by atoms with Crippen molar-refractivity contribution in [1.82, 2.24) is 0 Å². The second-order valence-corrected chi connectivity index (χ2v) is 8.85. The Morgan fingerprint density at radius 1 is 0.548 bits per heavy atom. The molecule has 0 heterocycles. The van der Waals surface area contributed by atoms with Crippen molar-refractivity contribution in [3.63, 3.8) is 0 Å². The van der Waals surface area contributed by atoms with E-state index in [0.29, 0.717) is 12.8 Å². The molecule has 0 aromatic rings. The highest BCUT2D eigenvalue weighted by Crippen LogP contribution is 2.55. The smallest absolute Gasteiger partial charge is 0.210 e. The first-order valence-corrected chi connectivity index (χ1v) is 9.94. The van der Waals surface area contributed by atoms with Gasteiger partial charge in [0.25, 0.3) is 0 Å². The van der Waals surface area contributed by atoms with Gasteiger partial charge in [-0.05, 0) is 61.2 Å².